The molecular formula is C10H13Cl3O4. The maximum atomic E-state index is 11.0. The summed E-state index contributed by atoms with van der Waals surface area (Å²) >= 11 is 17.2. The molecule has 1 fully saturated rings. The van der Waals surface area contributed by atoms with Gasteiger partial charge in [0.1, 0.15) is 0 Å². The molecule has 1 saturated carbocycles. The van der Waals surface area contributed by atoms with Gasteiger partial charge < -0.3 is 9.84 Å². The zero-order valence-corrected chi connectivity index (χ0v) is 11.8. The van der Waals surface area contributed by atoms with Crippen LogP contribution in [0, 0.1) is 17.3 Å². The lowest BCUT2D eigenvalue weighted by Crippen LogP contribution is -2.34. The van der Waals surface area contributed by atoms with Crippen molar-refractivity contribution < 1.29 is 19.4 Å². The topological polar surface area (TPSA) is 63.6 Å². The van der Waals surface area contributed by atoms with Gasteiger partial charge >= 0.3 is 11.9 Å². The molecule has 0 heterocycles. The van der Waals surface area contributed by atoms with Crippen LogP contribution in [0.3, 0.4) is 0 Å². The van der Waals surface area contributed by atoms with Crippen molar-refractivity contribution in [3.05, 3.63) is 0 Å². The van der Waals surface area contributed by atoms with Crippen molar-refractivity contribution in [1.29, 1.82) is 0 Å². The summed E-state index contributed by atoms with van der Waals surface area (Å²) in [4.78, 5) is 22.0. The highest BCUT2D eigenvalue weighted by Gasteiger charge is 2.69. The van der Waals surface area contributed by atoms with Crippen LogP contribution in [0.5, 0.6) is 0 Å². The van der Waals surface area contributed by atoms with Crippen LogP contribution in [0.1, 0.15) is 20.8 Å². The summed E-state index contributed by atoms with van der Waals surface area (Å²) < 4.78 is 3.12. The normalized spacial score (nSPS) is 28.4. The molecule has 0 radical (unpaired) electrons. The monoisotopic (exact) mass is 302 g/mol. The van der Waals surface area contributed by atoms with Crippen molar-refractivity contribution >= 4 is 46.7 Å². The van der Waals surface area contributed by atoms with Crippen LogP contribution in [0.15, 0.2) is 0 Å². The summed E-state index contributed by atoms with van der Waals surface area (Å²) in [7, 11) is 0. The first-order valence-electron chi connectivity index (χ1n) is 4.96. The number of carboxylic acids is 1. The van der Waals surface area contributed by atoms with E-state index >= 15 is 0 Å². The van der Waals surface area contributed by atoms with Crippen molar-refractivity contribution in [2.24, 2.45) is 17.3 Å². The molecule has 1 aliphatic carbocycles. The number of carbonyl (C=O) groups excluding carboxylic acids is 1. The number of hydrogen-bond donors (Lipinski definition) is 1. The number of rotatable bonds is 3. The molecule has 0 aromatic rings. The summed E-state index contributed by atoms with van der Waals surface area (Å²) in [6.45, 7) is 4.67. The number of carboxylic acid groups (broad SMARTS) is 1. The van der Waals surface area contributed by atoms with Gasteiger partial charge in [-0.2, -0.15) is 0 Å². The zero-order chi connectivity index (χ0) is 13.6. The first-order valence-corrected chi connectivity index (χ1v) is 6.09. The quantitative estimate of drug-likeness (QED) is 0.643. The molecule has 0 aromatic heterocycles. The molecule has 98 valence electrons. The van der Waals surface area contributed by atoms with Gasteiger partial charge in [0.15, 0.2) is 6.10 Å². The van der Waals surface area contributed by atoms with E-state index in [0.29, 0.717) is 0 Å². The SMILES string of the molecule is CC(=O)O[C@H](C1C(C(=O)O)C1(C)C)C(Cl)(Cl)Cl. The van der Waals surface area contributed by atoms with Gasteiger partial charge in [-0.3, -0.25) is 9.59 Å². The van der Waals surface area contributed by atoms with Crippen LogP contribution in [0.2, 0.25) is 0 Å². The second-order valence-electron chi connectivity index (χ2n) is 4.73. The van der Waals surface area contributed by atoms with Gasteiger partial charge in [0.05, 0.1) is 5.92 Å². The van der Waals surface area contributed by atoms with E-state index < -0.39 is 39.1 Å². The third-order valence-electron chi connectivity index (χ3n) is 3.12. The van der Waals surface area contributed by atoms with Crippen LogP contribution in [0.25, 0.3) is 0 Å². The first kappa shape index (κ1) is 14.9. The molecule has 0 aromatic carbocycles. The molecule has 0 aliphatic heterocycles. The van der Waals surface area contributed by atoms with E-state index in [-0.39, 0.29) is 0 Å². The largest absolute Gasteiger partial charge is 0.481 e. The Morgan fingerprint density at radius 3 is 2.06 bits per heavy atom. The van der Waals surface area contributed by atoms with Crippen molar-refractivity contribution in [2.45, 2.75) is 30.7 Å². The van der Waals surface area contributed by atoms with Gasteiger partial charge in [-0.05, 0) is 5.41 Å². The highest BCUT2D eigenvalue weighted by molar-refractivity contribution is 6.68. The minimum absolute atomic E-state index is 0.503. The van der Waals surface area contributed by atoms with Gasteiger partial charge in [-0.1, -0.05) is 48.7 Å². The average Bonchev–Trinajstić information content (AvgIpc) is 2.62. The summed E-state index contributed by atoms with van der Waals surface area (Å²) in [6.07, 6.45) is -1.05. The summed E-state index contributed by atoms with van der Waals surface area (Å²) in [5, 5.41) is 9.04. The van der Waals surface area contributed by atoms with Gasteiger partial charge in [0, 0.05) is 12.8 Å². The third-order valence-corrected chi connectivity index (χ3v) is 3.76. The van der Waals surface area contributed by atoms with E-state index in [1.807, 2.05) is 0 Å². The van der Waals surface area contributed by atoms with Gasteiger partial charge in [-0.15, -0.1) is 0 Å². The zero-order valence-electron chi connectivity index (χ0n) is 9.54. The number of ether oxygens (including phenoxy) is 1. The molecular weight excluding hydrogens is 290 g/mol. The van der Waals surface area contributed by atoms with E-state index in [9.17, 15) is 9.59 Å². The fourth-order valence-electron chi connectivity index (χ4n) is 2.24. The molecule has 17 heavy (non-hydrogen) atoms. The summed E-state index contributed by atoms with van der Waals surface area (Å²) in [5.74, 6) is -2.77. The van der Waals surface area contributed by atoms with Crippen LogP contribution in [-0.2, 0) is 14.3 Å². The number of halogens is 3. The van der Waals surface area contributed by atoms with Crippen molar-refractivity contribution in [3.8, 4) is 0 Å². The number of carbonyl (C=O) groups is 2. The standard InChI is InChI=1S/C10H13Cl3O4/c1-4(14)17-7(10(11,12)13)5-6(8(15)16)9(5,2)3/h5-7H,1-3H3,(H,15,16)/t5?,6?,7-/m1/s1. The average molecular weight is 304 g/mol. The van der Waals surface area contributed by atoms with Gasteiger partial charge in [-0.25, -0.2) is 0 Å². The fourth-order valence-corrected chi connectivity index (χ4v) is 2.78. The maximum absolute atomic E-state index is 11.0. The fraction of sp³-hybridized carbons (Fsp3) is 0.800. The molecule has 4 nitrogen and oxygen atoms in total. The Hall–Kier alpha value is -0.190. The molecule has 0 bridgehead atoms. The second kappa shape index (κ2) is 4.48. The van der Waals surface area contributed by atoms with Crippen molar-refractivity contribution in [3.63, 3.8) is 0 Å². The molecule has 1 rings (SSSR count). The Morgan fingerprint density at radius 2 is 1.82 bits per heavy atom. The molecule has 1 aliphatic rings. The van der Waals surface area contributed by atoms with Crippen molar-refractivity contribution in [2.75, 3.05) is 0 Å². The van der Waals surface area contributed by atoms with Crippen LogP contribution in [0.4, 0.5) is 0 Å². The molecule has 1 N–H and O–H groups in total. The second-order valence-corrected chi connectivity index (χ2v) is 7.10. The molecule has 7 heteroatoms. The Kier molecular flexibility index (Phi) is 3.92. The number of hydrogen-bond acceptors (Lipinski definition) is 3. The lowest BCUT2D eigenvalue weighted by atomic mass is 10.1. The predicted octanol–water partition coefficient (Wildman–Crippen LogP) is 2.65. The van der Waals surface area contributed by atoms with E-state index in [4.69, 9.17) is 44.6 Å². The number of esters is 1. The Balaban J connectivity index is 2.95. The van der Waals surface area contributed by atoms with Crippen LogP contribution < -0.4 is 0 Å². The molecule has 0 amide bonds. The van der Waals surface area contributed by atoms with Crippen LogP contribution in [-0.4, -0.2) is 26.9 Å². The maximum Gasteiger partial charge on any atom is 0.307 e. The van der Waals surface area contributed by atoms with Gasteiger partial charge in [0.25, 0.3) is 0 Å². The Morgan fingerprint density at radius 1 is 1.35 bits per heavy atom. The van der Waals surface area contributed by atoms with Crippen molar-refractivity contribution in [1.82, 2.24) is 0 Å². The molecule has 0 saturated heterocycles. The van der Waals surface area contributed by atoms with E-state index in [1.54, 1.807) is 13.8 Å². The number of aliphatic carboxylic acids is 1. The molecule has 3 atom stereocenters. The van der Waals surface area contributed by atoms with E-state index in [1.165, 1.54) is 6.92 Å². The molecule has 0 spiro atoms. The summed E-state index contributed by atoms with van der Waals surface area (Å²) in [5.41, 5.74) is -0.560. The summed E-state index contributed by atoms with van der Waals surface area (Å²) in [6, 6.07) is 0. The first-order chi connectivity index (χ1) is 7.49. The Labute approximate surface area is 114 Å². The minimum Gasteiger partial charge on any atom is -0.481 e. The van der Waals surface area contributed by atoms with Crippen LogP contribution >= 0.6 is 34.8 Å². The minimum atomic E-state index is -1.84. The van der Waals surface area contributed by atoms with E-state index in [2.05, 4.69) is 0 Å². The van der Waals surface area contributed by atoms with Gasteiger partial charge in [0.2, 0.25) is 3.79 Å². The number of alkyl halides is 3. The smallest absolute Gasteiger partial charge is 0.307 e. The highest BCUT2D eigenvalue weighted by Crippen LogP contribution is 2.63. The molecule has 2 unspecified atom stereocenters. The lowest BCUT2D eigenvalue weighted by Gasteiger charge is -2.25. The lowest BCUT2D eigenvalue weighted by molar-refractivity contribution is -0.149. The van der Waals surface area contributed by atoms with E-state index in [0.717, 1.165) is 0 Å². The predicted molar refractivity (Wildman–Crippen MR) is 64.2 cm³/mol. The highest BCUT2D eigenvalue weighted by atomic mass is 35.6. The Bertz CT molecular complexity index is 348. The third kappa shape index (κ3) is 2.98.